The highest BCUT2D eigenvalue weighted by Crippen LogP contribution is 2.41. The van der Waals surface area contributed by atoms with Gasteiger partial charge in [-0.3, -0.25) is 9.55 Å². The molecule has 0 aliphatic heterocycles. The molecule has 0 aliphatic rings. The Balaban J connectivity index is 1.51. The number of para-hydroxylation sites is 3. The van der Waals surface area contributed by atoms with Gasteiger partial charge < -0.3 is 5.11 Å². The predicted molar refractivity (Wildman–Crippen MR) is 187 cm³/mol. The molecule has 5 aromatic carbocycles. The normalized spacial score (nSPS) is 11.7. The van der Waals surface area contributed by atoms with Gasteiger partial charge in [-0.1, -0.05) is 112 Å². The zero-order valence-corrected chi connectivity index (χ0v) is 26.4. The average Bonchev–Trinajstić information content (AvgIpc) is 3.43. The monoisotopic (exact) mass is 587 g/mol. The average molecular weight is 588 g/mol. The van der Waals surface area contributed by atoms with Crippen molar-refractivity contribution in [2.45, 2.75) is 46.5 Å². The van der Waals surface area contributed by atoms with Crippen LogP contribution in [0.15, 0.2) is 115 Å². The van der Waals surface area contributed by atoms with Crippen LogP contribution in [0.4, 0.5) is 0 Å². The molecule has 0 amide bonds. The number of aromatic hydroxyl groups is 1. The zero-order chi connectivity index (χ0) is 31.2. The van der Waals surface area contributed by atoms with Crippen LogP contribution in [0.25, 0.3) is 61.3 Å². The molecular formula is C41H37N3O. The van der Waals surface area contributed by atoms with Gasteiger partial charge in [0.25, 0.3) is 0 Å². The first kappa shape index (κ1) is 28.5. The molecule has 2 heterocycles. The summed E-state index contributed by atoms with van der Waals surface area (Å²) in [5, 5.41) is 13.4. The summed E-state index contributed by atoms with van der Waals surface area (Å²) in [6.07, 6.45) is 1.89. The van der Waals surface area contributed by atoms with E-state index in [1.165, 1.54) is 22.1 Å². The van der Waals surface area contributed by atoms with Gasteiger partial charge in [-0.25, -0.2) is 4.98 Å². The van der Waals surface area contributed by atoms with Crippen LogP contribution in [-0.4, -0.2) is 19.6 Å². The van der Waals surface area contributed by atoms with Gasteiger partial charge >= 0.3 is 0 Å². The lowest BCUT2D eigenvalue weighted by Crippen LogP contribution is -2.08. The van der Waals surface area contributed by atoms with Crippen LogP contribution in [-0.2, 0) is 0 Å². The molecular weight excluding hydrogens is 550 g/mol. The molecule has 0 bridgehead atoms. The van der Waals surface area contributed by atoms with E-state index in [4.69, 9.17) is 9.97 Å². The summed E-state index contributed by atoms with van der Waals surface area (Å²) in [4.78, 5) is 10.2. The first-order valence-corrected chi connectivity index (χ1v) is 15.7. The van der Waals surface area contributed by atoms with Gasteiger partial charge in [0, 0.05) is 22.7 Å². The number of rotatable bonds is 6. The third-order valence-corrected chi connectivity index (χ3v) is 8.76. The fourth-order valence-corrected chi connectivity index (χ4v) is 6.53. The third-order valence-electron chi connectivity index (χ3n) is 8.76. The van der Waals surface area contributed by atoms with Crippen LogP contribution in [0.5, 0.6) is 5.75 Å². The summed E-state index contributed by atoms with van der Waals surface area (Å²) in [6.45, 7) is 11.1. The van der Waals surface area contributed by atoms with Gasteiger partial charge in [0.15, 0.2) is 0 Å². The molecule has 0 aliphatic carbocycles. The fraction of sp³-hybridized carbons (Fsp3) is 0.171. The van der Waals surface area contributed by atoms with E-state index < -0.39 is 0 Å². The van der Waals surface area contributed by atoms with Gasteiger partial charge in [-0.2, -0.15) is 0 Å². The highest BCUT2D eigenvalue weighted by atomic mass is 16.3. The van der Waals surface area contributed by atoms with Crippen molar-refractivity contribution in [3.05, 3.63) is 132 Å². The second-order valence-corrected chi connectivity index (χ2v) is 12.5. The van der Waals surface area contributed by atoms with Gasteiger partial charge in [0.05, 0.1) is 28.0 Å². The van der Waals surface area contributed by atoms with Crippen LogP contribution >= 0.6 is 0 Å². The van der Waals surface area contributed by atoms with E-state index in [9.17, 15) is 5.11 Å². The number of pyridine rings is 1. The lowest BCUT2D eigenvalue weighted by atomic mass is 9.92. The second-order valence-electron chi connectivity index (χ2n) is 12.5. The van der Waals surface area contributed by atoms with Gasteiger partial charge in [-0.05, 0) is 71.2 Å². The number of nitrogens with zero attached hydrogens (tertiary/aromatic N) is 3. The van der Waals surface area contributed by atoms with Crippen molar-refractivity contribution < 1.29 is 5.11 Å². The summed E-state index contributed by atoms with van der Waals surface area (Å²) in [5.41, 5.74) is 11.6. The third kappa shape index (κ3) is 4.97. The van der Waals surface area contributed by atoms with E-state index in [2.05, 4.69) is 124 Å². The van der Waals surface area contributed by atoms with Crippen LogP contribution in [0.1, 0.15) is 56.2 Å². The fourth-order valence-electron chi connectivity index (χ4n) is 6.53. The molecule has 2 aromatic heterocycles. The molecule has 7 rings (SSSR count). The molecule has 45 heavy (non-hydrogen) atoms. The Hall–Kier alpha value is -5.22. The summed E-state index contributed by atoms with van der Waals surface area (Å²) >= 11 is 0. The van der Waals surface area contributed by atoms with Crippen molar-refractivity contribution in [2.24, 2.45) is 0 Å². The Morgan fingerprint density at radius 3 is 2.11 bits per heavy atom. The van der Waals surface area contributed by atoms with Gasteiger partial charge in [0.2, 0.25) is 0 Å². The number of phenolic OH excluding ortho intramolecular Hbond substituents is 1. The number of hydrogen-bond acceptors (Lipinski definition) is 3. The molecule has 0 radical (unpaired) electrons. The van der Waals surface area contributed by atoms with Crippen molar-refractivity contribution in [1.82, 2.24) is 14.5 Å². The predicted octanol–water partition coefficient (Wildman–Crippen LogP) is 10.8. The van der Waals surface area contributed by atoms with Crippen molar-refractivity contribution in [3.63, 3.8) is 0 Å². The SMILES string of the molecule is Cc1ccc2c(-c3cccc(-c4cccc5c4nc(-c4ccccc4O)n5-c4c(C(C)C)cccc4C(C)C)c3)nccc2c1. The maximum Gasteiger partial charge on any atom is 0.149 e. The van der Waals surface area contributed by atoms with Gasteiger partial charge in [-0.15, -0.1) is 0 Å². The number of aryl methyl sites for hydroxylation is 1. The molecule has 4 heteroatoms. The largest absolute Gasteiger partial charge is 0.507 e. The minimum absolute atomic E-state index is 0.211. The Bertz CT molecular complexity index is 2180. The topological polar surface area (TPSA) is 50.9 Å². The number of imidazole rings is 1. The molecule has 4 nitrogen and oxygen atoms in total. The maximum atomic E-state index is 11.1. The molecule has 7 aromatic rings. The Morgan fingerprint density at radius 2 is 1.36 bits per heavy atom. The summed E-state index contributed by atoms with van der Waals surface area (Å²) in [5.74, 6) is 1.53. The van der Waals surface area contributed by atoms with Crippen molar-refractivity contribution in [2.75, 3.05) is 0 Å². The molecule has 0 unspecified atom stereocenters. The second kappa shape index (κ2) is 11.4. The standard InChI is InChI=1S/C41H37N3O/c1-25(2)31-14-9-15-32(26(3)4)40(31)44-36-17-10-16-33(39(36)43-41(44)35-13-6-7-18-37(35)45)28-11-8-12-30(24-28)38-34-20-19-27(5)23-29(34)21-22-42-38/h6-26,45H,1-5H3. The summed E-state index contributed by atoms with van der Waals surface area (Å²) in [6, 6.07) is 37.7. The first-order chi connectivity index (χ1) is 21.8. The Morgan fingerprint density at radius 1 is 0.667 bits per heavy atom. The molecule has 1 N–H and O–H groups in total. The van der Waals surface area contributed by atoms with Crippen LogP contribution in [0, 0.1) is 6.92 Å². The highest BCUT2D eigenvalue weighted by molar-refractivity contribution is 5.99. The van der Waals surface area contributed by atoms with E-state index in [1.54, 1.807) is 6.07 Å². The molecule has 0 saturated heterocycles. The van der Waals surface area contributed by atoms with Crippen molar-refractivity contribution >= 4 is 21.8 Å². The number of phenols is 1. The van der Waals surface area contributed by atoms with E-state index in [-0.39, 0.29) is 5.75 Å². The molecule has 0 fully saturated rings. The number of hydrogen-bond donors (Lipinski definition) is 1. The quantitative estimate of drug-likeness (QED) is 0.211. The number of benzene rings is 5. The van der Waals surface area contributed by atoms with Gasteiger partial charge in [0.1, 0.15) is 11.6 Å². The minimum Gasteiger partial charge on any atom is -0.507 e. The maximum absolute atomic E-state index is 11.1. The lowest BCUT2D eigenvalue weighted by molar-refractivity contribution is 0.477. The Labute approximate surface area is 264 Å². The zero-order valence-electron chi connectivity index (χ0n) is 26.4. The minimum atomic E-state index is 0.211. The molecule has 222 valence electrons. The van der Waals surface area contributed by atoms with Crippen LogP contribution < -0.4 is 0 Å². The first-order valence-electron chi connectivity index (χ1n) is 15.7. The van der Waals surface area contributed by atoms with Crippen molar-refractivity contribution in [3.8, 4) is 45.2 Å². The summed E-state index contributed by atoms with van der Waals surface area (Å²) in [7, 11) is 0. The van der Waals surface area contributed by atoms with Crippen LogP contribution in [0.2, 0.25) is 0 Å². The summed E-state index contributed by atoms with van der Waals surface area (Å²) < 4.78 is 2.27. The van der Waals surface area contributed by atoms with E-state index >= 15 is 0 Å². The Kier molecular flexibility index (Phi) is 7.21. The lowest BCUT2D eigenvalue weighted by Gasteiger charge is -2.22. The molecule has 0 atom stereocenters. The number of aromatic nitrogens is 3. The van der Waals surface area contributed by atoms with E-state index in [1.807, 2.05) is 24.4 Å². The van der Waals surface area contributed by atoms with Crippen LogP contribution in [0.3, 0.4) is 0 Å². The number of fused-ring (bicyclic) bond motifs is 2. The molecule has 0 saturated carbocycles. The smallest absolute Gasteiger partial charge is 0.149 e. The van der Waals surface area contributed by atoms with E-state index in [0.29, 0.717) is 17.4 Å². The molecule has 0 spiro atoms. The highest BCUT2D eigenvalue weighted by Gasteiger charge is 2.24. The van der Waals surface area contributed by atoms with Crippen molar-refractivity contribution in [1.29, 1.82) is 0 Å². The van der Waals surface area contributed by atoms with E-state index in [0.717, 1.165) is 50.3 Å².